The average molecular weight is 455 g/mol. The topological polar surface area (TPSA) is 83.9 Å². The molecule has 0 saturated carbocycles. The van der Waals surface area contributed by atoms with Gasteiger partial charge in [0.2, 0.25) is 0 Å². The van der Waals surface area contributed by atoms with Crippen LogP contribution in [0.5, 0.6) is 0 Å². The van der Waals surface area contributed by atoms with Crippen molar-refractivity contribution in [2.24, 2.45) is 4.99 Å². The summed E-state index contributed by atoms with van der Waals surface area (Å²) in [6.45, 7) is 3.63. The molecule has 0 atom stereocenters. The Bertz CT molecular complexity index is 1220. The number of anilines is 1. The van der Waals surface area contributed by atoms with Crippen LogP contribution in [-0.2, 0) is 17.7 Å². The van der Waals surface area contributed by atoms with Crippen LogP contribution < -0.4 is 10.2 Å². The second-order valence-electron chi connectivity index (χ2n) is 8.42. The fraction of sp³-hybridized carbons (Fsp3) is 0.259. The van der Waals surface area contributed by atoms with Gasteiger partial charge in [0.1, 0.15) is 5.84 Å². The van der Waals surface area contributed by atoms with Crippen molar-refractivity contribution >= 4 is 23.2 Å². The zero-order chi connectivity index (χ0) is 23.3. The van der Waals surface area contributed by atoms with Crippen molar-refractivity contribution < 1.29 is 14.3 Å². The number of carbonyl (C=O) groups is 2. The molecule has 5 rings (SSSR count). The van der Waals surface area contributed by atoms with Gasteiger partial charge in [-0.2, -0.15) is 0 Å². The molecule has 1 fully saturated rings. The predicted molar refractivity (Wildman–Crippen MR) is 131 cm³/mol. The van der Waals surface area contributed by atoms with E-state index in [1.54, 1.807) is 12.4 Å². The number of benzene rings is 2. The molecular formula is C27H26N4O3. The highest BCUT2D eigenvalue weighted by Crippen LogP contribution is 2.22. The van der Waals surface area contributed by atoms with E-state index in [0.29, 0.717) is 36.3 Å². The number of ketones is 1. The summed E-state index contributed by atoms with van der Waals surface area (Å²) in [4.78, 5) is 36.4. The number of morpholine rings is 1. The van der Waals surface area contributed by atoms with Gasteiger partial charge < -0.3 is 15.0 Å². The first-order valence-electron chi connectivity index (χ1n) is 11.5. The molecule has 0 spiro atoms. The van der Waals surface area contributed by atoms with Crippen LogP contribution in [0.1, 0.15) is 43.8 Å². The van der Waals surface area contributed by atoms with Crippen LogP contribution in [0, 0.1) is 0 Å². The molecule has 1 amide bonds. The number of amides is 1. The fourth-order valence-electron chi connectivity index (χ4n) is 4.24. The first kappa shape index (κ1) is 22.0. The zero-order valence-electron chi connectivity index (χ0n) is 18.9. The maximum atomic E-state index is 12.9. The molecule has 2 aromatic carbocycles. The minimum atomic E-state index is -0.213. The number of aryl methyl sites for hydroxylation is 1. The molecule has 1 N–H and O–H groups in total. The largest absolute Gasteiger partial charge is 0.378 e. The van der Waals surface area contributed by atoms with Crippen LogP contribution in [0.2, 0.25) is 0 Å². The third-order valence-corrected chi connectivity index (χ3v) is 6.22. The summed E-state index contributed by atoms with van der Waals surface area (Å²) in [5, 5.41) is 2.93. The van der Waals surface area contributed by atoms with Crippen LogP contribution in [0.25, 0.3) is 0 Å². The Morgan fingerprint density at radius 1 is 0.941 bits per heavy atom. The van der Waals surface area contributed by atoms with Crippen molar-refractivity contribution in [1.29, 1.82) is 0 Å². The molecule has 0 bridgehead atoms. The van der Waals surface area contributed by atoms with Crippen LogP contribution in [-0.4, -0.2) is 48.8 Å². The predicted octanol–water partition coefficient (Wildman–Crippen LogP) is 3.42. The van der Waals surface area contributed by atoms with Gasteiger partial charge in [0.15, 0.2) is 5.78 Å². The smallest absolute Gasteiger partial charge is 0.256 e. The standard InChI is InChI=1S/C27H26N4O3/c32-25(8-1-19-9-11-28-12-10-19)21-2-3-22-18-29-26(24(22)17-21)30-27(33)20-4-6-23(7-5-20)31-13-15-34-16-14-31/h2-7,9-12,17H,1,8,13-16,18H2,(H,29,30,33). The number of hydrogen-bond donors (Lipinski definition) is 1. The molecule has 34 heavy (non-hydrogen) atoms. The van der Waals surface area contributed by atoms with Gasteiger partial charge in [0, 0.05) is 54.3 Å². The molecule has 3 aromatic rings. The van der Waals surface area contributed by atoms with Gasteiger partial charge in [-0.1, -0.05) is 12.1 Å². The molecule has 2 aliphatic heterocycles. The van der Waals surface area contributed by atoms with Crippen molar-refractivity contribution in [2.75, 3.05) is 31.2 Å². The molecule has 1 saturated heterocycles. The number of Topliss-reactive ketones (excluding diaryl/α,β-unsaturated/α-hetero) is 1. The lowest BCUT2D eigenvalue weighted by Crippen LogP contribution is -2.36. The van der Waals surface area contributed by atoms with Gasteiger partial charge in [-0.25, -0.2) is 0 Å². The monoisotopic (exact) mass is 454 g/mol. The highest BCUT2D eigenvalue weighted by atomic mass is 16.5. The second kappa shape index (κ2) is 9.97. The number of ether oxygens (including phenoxy) is 1. The first-order chi connectivity index (χ1) is 16.7. The van der Waals surface area contributed by atoms with E-state index in [2.05, 4.69) is 20.2 Å². The van der Waals surface area contributed by atoms with Crippen molar-refractivity contribution in [3.8, 4) is 0 Å². The first-order valence-corrected chi connectivity index (χ1v) is 11.5. The number of nitrogens with one attached hydrogen (secondary N) is 1. The van der Waals surface area contributed by atoms with E-state index in [4.69, 9.17) is 4.74 Å². The number of carbonyl (C=O) groups excluding carboxylic acids is 2. The average Bonchev–Trinajstić information content (AvgIpc) is 3.30. The summed E-state index contributed by atoms with van der Waals surface area (Å²) >= 11 is 0. The zero-order valence-corrected chi connectivity index (χ0v) is 18.9. The Labute approximate surface area is 198 Å². The number of nitrogens with zero attached hydrogens (tertiary/aromatic N) is 3. The number of pyridine rings is 1. The molecule has 0 unspecified atom stereocenters. The lowest BCUT2D eigenvalue weighted by atomic mass is 9.99. The number of aliphatic imine (C=N–C) groups is 1. The Balaban J connectivity index is 1.24. The van der Waals surface area contributed by atoms with Crippen molar-refractivity contribution in [3.05, 3.63) is 94.8 Å². The number of fused-ring (bicyclic) bond motifs is 1. The maximum Gasteiger partial charge on any atom is 0.256 e. The number of aromatic nitrogens is 1. The summed E-state index contributed by atoms with van der Waals surface area (Å²) in [6.07, 6.45) is 4.54. The quantitative estimate of drug-likeness (QED) is 0.577. The fourth-order valence-corrected chi connectivity index (χ4v) is 4.24. The van der Waals surface area contributed by atoms with Crippen molar-refractivity contribution in [1.82, 2.24) is 10.3 Å². The summed E-state index contributed by atoms with van der Waals surface area (Å²) in [6, 6.07) is 17.0. The highest BCUT2D eigenvalue weighted by Gasteiger charge is 2.21. The van der Waals surface area contributed by atoms with Crippen LogP contribution >= 0.6 is 0 Å². The third-order valence-electron chi connectivity index (χ3n) is 6.22. The van der Waals surface area contributed by atoms with E-state index in [0.717, 1.165) is 48.7 Å². The van der Waals surface area contributed by atoms with Crippen LogP contribution in [0.4, 0.5) is 5.69 Å². The minimum Gasteiger partial charge on any atom is -0.378 e. The van der Waals surface area contributed by atoms with Crippen LogP contribution in [0.3, 0.4) is 0 Å². The molecule has 172 valence electrons. The van der Waals surface area contributed by atoms with Crippen LogP contribution in [0.15, 0.2) is 72.0 Å². The molecule has 2 aliphatic rings. The van der Waals surface area contributed by atoms with E-state index in [1.165, 1.54) is 0 Å². The van der Waals surface area contributed by atoms with E-state index < -0.39 is 0 Å². The molecule has 7 nitrogen and oxygen atoms in total. The van der Waals surface area contributed by atoms with E-state index in [1.807, 2.05) is 54.6 Å². The van der Waals surface area contributed by atoms with Gasteiger partial charge in [-0.05, 0) is 60.0 Å². The molecule has 0 aliphatic carbocycles. The van der Waals surface area contributed by atoms with E-state index >= 15 is 0 Å². The summed E-state index contributed by atoms with van der Waals surface area (Å²) < 4.78 is 5.40. The Morgan fingerprint density at radius 3 is 2.44 bits per heavy atom. The molecule has 3 heterocycles. The lowest BCUT2D eigenvalue weighted by molar-refractivity contribution is 0.0972. The normalized spacial score (nSPS) is 14.9. The second-order valence-corrected chi connectivity index (χ2v) is 8.42. The van der Waals surface area contributed by atoms with Crippen molar-refractivity contribution in [2.45, 2.75) is 19.4 Å². The van der Waals surface area contributed by atoms with Gasteiger partial charge in [0.05, 0.1) is 19.8 Å². The van der Waals surface area contributed by atoms with Gasteiger partial charge in [-0.15, -0.1) is 0 Å². The van der Waals surface area contributed by atoms with E-state index in [9.17, 15) is 9.59 Å². The minimum absolute atomic E-state index is 0.0656. The SMILES string of the molecule is O=C(CCc1ccncc1)c1ccc2c(c1)C(NC(=O)c1ccc(N3CCOCC3)cc1)=NC2. The Kier molecular flexibility index (Phi) is 6.44. The maximum absolute atomic E-state index is 12.9. The highest BCUT2D eigenvalue weighted by molar-refractivity contribution is 6.15. The number of amidine groups is 1. The van der Waals surface area contributed by atoms with Gasteiger partial charge >= 0.3 is 0 Å². The number of hydrogen-bond acceptors (Lipinski definition) is 6. The van der Waals surface area contributed by atoms with E-state index in [-0.39, 0.29) is 11.7 Å². The molecule has 0 radical (unpaired) electrons. The summed E-state index contributed by atoms with van der Waals surface area (Å²) in [5.41, 5.74) is 5.18. The Morgan fingerprint density at radius 2 is 1.68 bits per heavy atom. The summed E-state index contributed by atoms with van der Waals surface area (Å²) in [5.74, 6) is 0.367. The van der Waals surface area contributed by atoms with Gasteiger partial charge in [0.25, 0.3) is 5.91 Å². The summed E-state index contributed by atoms with van der Waals surface area (Å²) in [7, 11) is 0. The number of rotatable bonds is 6. The molecule has 1 aromatic heterocycles. The third kappa shape index (κ3) is 4.89. The Hall–Kier alpha value is -3.84. The molecule has 7 heteroatoms. The van der Waals surface area contributed by atoms with Gasteiger partial charge in [-0.3, -0.25) is 19.6 Å². The molecular weight excluding hydrogens is 428 g/mol. The van der Waals surface area contributed by atoms with Crippen molar-refractivity contribution in [3.63, 3.8) is 0 Å². The lowest BCUT2D eigenvalue weighted by Gasteiger charge is -2.28.